The monoisotopic (exact) mass is 295 g/mol. The molecule has 1 aliphatic rings. The minimum Gasteiger partial charge on any atom is -0.470 e. The maximum atomic E-state index is 10.5. The van der Waals surface area contributed by atoms with Crippen molar-refractivity contribution >= 4 is 11.5 Å². The molecule has 1 aliphatic heterocycles. The van der Waals surface area contributed by atoms with Gasteiger partial charge in [-0.3, -0.25) is 0 Å². The molecule has 0 bridgehead atoms. The van der Waals surface area contributed by atoms with Crippen molar-refractivity contribution in [3.8, 4) is 5.88 Å². The molecule has 1 aromatic rings. The zero-order valence-corrected chi connectivity index (χ0v) is 13.1. The summed E-state index contributed by atoms with van der Waals surface area (Å²) in [6.07, 6.45) is 0.422. The number of nitrogens with one attached hydrogen (secondary N) is 1. The number of nitrogen functional groups attached to an aromatic ring is 1. The van der Waals surface area contributed by atoms with Gasteiger partial charge in [0.1, 0.15) is 17.0 Å². The second-order valence-electron chi connectivity index (χ2n) is 6.53. The fraction of sp³-hybridized carbons (Fsp3) is 0.667. The lowest BCUT2D eigenvalue weighted by molar-refractivity contribution is -0.0176. The van der Waals surface area contributed by atoms with Crippen molar-refractivity contribution in [3.05, 3.63) is 12.1 Å². The first-order chi connectivity index (χ1) is 9.70. The average Bonchev–Trinajstić information content (AvgIpc) is 2.70. The Labute approximate surface area is 125 Å². The van der Waals surface area contributed by atoms with Crippen LogP contribution in [0.1, 0.15) is 34.1 Å². The molecule has 21 heavy (non-hydrogen) atoms. The first-order valence-corrected chi connectivity index (χ1v) is 7.23. The maximum Gasteiger partial charge on any atom is 0.239 e. The van der Waals surface area contributed by atoms with Gasteiger partial charge in [-0.25, -0.2) is 0 Å². The molecule has 0 aromatic carbocycles. The van der Waals surface area contributed by atoms with Gasteiger partial charge < -0.3 is 25.6 Å². The molecular formula is C15H25N3O3. The lowest BCUT2D eigenvalue weighted by Gasteiger charge is -2.27. The number of pyridine rings is 1. The molecule has 1 saturated heterocycles. The zero-order chi connectivity index (χ0) is 15.7. The van der Waals surface area contributed by atoms with Crippen LogP contribution in [0.15, 0.2) is 12.1 Å². The summed E-state index contributed by atoms with van der Waals surface area (Å²) in [6.45, 7) is 8.64. The van der Waals surface area contributed by atoms with E-state index in [1.165, 1.54) is 0 Å². The first kappa shape index (κ1) is 15.9. The van der Waals surface area contributed by atoms with Gasteiger partial charge in [-0.15, -0.1) is 0 Å². The number of rotatable bonds is 4. The number of aromatic nitrogens is 1. The van der Waals surface area contributed by atoms with E-state index in [1.54, 1.807) is 12.1 Å². The summed E-state index contributed by atoms with van der Waals surface area (Å²) in [5.74, 6) is 1.02. The molecule has 0 aliphatic carbocycles. The molecule has 1 fully saturated rings. The van der Waals surface area contributed by atoms with E-state index in [9.17, 15) is 5.11 Å². The van der Waals surface area contributed by atoms with E-state index in [2.05, 4.69) is 10.3 Å². The Morgan fingerprint density at radius 3 is 2.81 bits per heavy atom. The Bertz CT molecular complexity index is 501. The van der Waals surface area contributed by atoms with Crippen molar-refractivity contribution in [2.75, 3.05) is 24.2 Å². The highest BCUT2D eigenvalue weighted by molar-refractivity contribution is 5.53. The molecule has 2 heterocycles. The fourth-order valence-corrected chi connectivity index (χ4v) is 2.17. The summed E-state index contributed by atoms with van der Waals surface area (Å²) in [4.78, 5) is 4.36. The SMILES string of the molecule is CC1OCCC1(O)CNc1ccc(N)c(OC(C)(C)C)n1. The van der Waals surface area contributed by atoms with Crippen LogP contribution in [-0.2, 0) is 4.74 Å². The highest BCUT2D eigenvalue weighted by Crippen LogP contribution is 2.28. The van der Waals surface area contributed by atoms with Crippen molar-refractivity contribution < 1.29 is 14.6 Å². The number of nitrogens with two attached hydrogens (primary N) is 1. The minimum absolute atomic E-state index is 0.191. The Morgan fingerprint density at radius 1 is 1.52 bits per heavy atom. The topological polar surface area (TPSA) is 89.6 Å². The molecule has 6 heteroatoms. The van der Waals surface area contributed by atoms with Gasteiger partial charge in [-0.05, 0) is 39.8 Å². The van der Waals surface area contributed by atoms with Crippen LogP contribution in [0.3, 0.4) is 0 Å². The molecule has 2 atom stereocenters. The van der Waals surface area contributed by atoms with Crippen LogP contribution in [0.2, 0.25) is 0 Å². The van der Waals surface area contributed by atoms with E-state index in [0.717, 1.165) is 0 Å². The summed E-state index contributed by atoms with van der Waals surface area (Å²) in [5.41, 5.74) is 5.13. The third-order valence-electron chi connectivity index (χ3n) is 3.53. The normalized spacial score (nSPS) is 25.9. The van der Waals surface area contributed by atoms with Gasteiger partial charge in [-0.2, -0.15) is 4.98 Å². The number of hydrogen-bond acceptors (Lipinski definition) is 6. The van der Waals surface area contributed by atoms with E-state index >= 15 is 0 Å². The van der Waals surface area contributed by atoms with E-state index < -0.39 is 5.60 Å². The lowest BCUT2D eigenvalue weighted by Crippen LogP contribution is -2.43. The Hall–Kier alpha value is -1.53. The molecule has 118 valence electrons. The second kappa shape index (κ2) is 5.69. The Morgan fingerprint density at radius 2 is 2.24 bits per heavy atom. The third-order valence-corrected chi connectivity index (χ3v) is 3.53. The standard InChI is InChI=1S/C15H25N3O3/c1-10-15(19,7-8-20-10)9-17-12-6-5-11(16)13(18-12)21-14(2,3)4/h5-6,10,19H,7-9,16H2,1-4H3,(H,17,18). The molecule has 4 N–H and O–H groups in total. The van der Waals surface area contributed by atoms with Crippen molar-refractivity contribution in [1.82, 2.24) is 4.98 Å². The quantitative estimate of drug-likeness (QED) is 0.784. The molecular weight excluding hydrogens is 270 g/mol. The molecule has 1 aromatic heterocycles. The largest absolute Gasteiger partial charge is 0.470 e. The van der Waals surface area contributed by atoms with Crippen LogP contribution in [0.4, 0.5) is 11.5 Å². The highest BCUT2D eigenvalue weighted by Gasteiger charge is 2.39. The van der Waals surface area contributed by atoms with Crippen LogP contribution in [0.25, 0.3) is 0 Å². The summed E-state index contributed by atoms with van der Waals surface area (Å²) in [5, 5.41) is 13.6. The molecule has 0 radical (unpaired) electrons. The van der Waals surface area contributed by atoms with Gasteiger partial charge in [0.05, 0.1) is 11.8 Å². The van der Waals surface area contributed by atoms with E-state index in [4.69, 9.17) is 15.2 Å². The van der Waals surface area contributed by atoms with Crippen molar-refractivity contribution in [1.29, 1.82) is 0 Å². The van der Waals surface area contributed by atoms with Gasteiger partial charge in [0.15, 0.2) is 0 Å². The molecule has 2 rings (SSSR count). The van der Waals surface area contributed by atoms with Crippen molar-refractivity contribution in [2.45, 2.75) is 51.4 Å². The molecule has 6 nitrogen and oxygen atoms in total. The summed E-state index contributed by atoms with van der Waals surface area (Å²) < 4.78 is 11.1. The van der Waals surface area contributed by atoms with Crippen LogP contribution >= 0.6 is 0 Å². The van der Waals surface area contributed by atoms with E-state index in [0.29, 0.717) is 37.0 Å². The number of hydrogen-bond donors (Lipinski definition) is 3. The Balaban J connectivity index is 2.06. The van der Waals surface area contributed by atoms with Gasteiger partial charge >= 0.3 is 0 Å². The van der Waals surface area contributed by atoms with Crippen molar-refractivity contribution in [2.24, 2.45) is 0 Å². The summed E-state index contributed by atoms with van der Waals surface area (Å²) in [7, 11) is 0. The van der Waals surface area contributed by atoms with E-state index in [-0.39, 0.29) is 11.7 Å². The van der Waals surface area contributed by atoms with Gasteiger partial charge in [0.2, 0.25) is 5.88 Å². The average molecular weight is 295 g/mol. The van der Waals surface area contributed by atoms with Crippen molar-refractivity contribution in [3.63, 3.8) is 0 Å². The molecule has 0 spiro atoms. The Kier molecular flexibility index (Phi) is 4.30. The van der Waals surface area contributed by atoms with Gasteiger partial charge in [0, 0.05) is 19.6 Å². The lowest BCUT2D eigenvalue weighted by atomic mass is 9.97. The third kappa shape index (κ3) is 3.98. The van der Waals surface area contributed by atoms with Crippen LogP contribution in [0, 0.1) is 0 Å². The van der Waals surface area contributed by atoms with Gasteiger partial charge in [-0.1, -0.05) is 0 Å². The number of nitrogens with zero attached hydrogens (tertiary/aromatic N) is 1. The molecule has 0 amide bonds. The van der Waals surface area contributed by atoms with Gasteiger partial charge in [0.25, 0.3) is 0 Å². The van der Waals surface area contributed by atoms with Crippen LogP contribution < -0.4 is 15.8 Å². The summed E-state index contributed by atoms with van der Waals surface area (Å²) in [6, 6.07) is 3.52. The predicted octanol–water partition coefficient (Wildman–Crippen LogP) is 1.79. The number of aliphatic hydroxyl groups is 1. The smallest absolute Gasteiger partial charge is 0.239 e. The summed E-state index contributed by atoms with van der Waals surface area (Å²) >= 11 is 0. The highest BCUT2D eigenvalue weighted by atomic mass is 16.5. The first-order valence-electron chi connectivity index (χ1n) is 7.23. The van der Waals surface area contributed by atoms with E-state index in [1.807, 2.05) is 27.7 Å². The van der Waals surface area contributed by atoms with Crippen LogP contribution in [-0.4, -0.2) is 40.5 Å². The number of anilines is 2. The zero-order valence-electron chi connectivity index (χ0n) is 13.1. The maximum absolute atomic E-state index is 10.5. The predicted molar refractivity (Wildman–Crippen MR) is 82.5 cm³/mol. The van der Waals surface area contributed by atoms with Crippen LogP contribution in [0.5, 0.6) is 5.88 Å². The number of ether oxygens (including phenoxy) is 2. The molecule has 0 saturated carbocycles. The molecule has 2 unspecified atom stereocenters. The second-order valence-corrected chi connectivity index (χ2v) is 6.53. The fourth-order valence-electron chi connectivity index (χ4n) is 2.17. The minimum atomic E-state index is -0.867.